The lowest BCUT2D eigenvalue weighted by Crippen LogP contribution is -2.63. The largest absolute Gasteiger partial charge is 0.458 e. The zero-order valence-corrected chi connectivity index (χ0v) is 20.3. The SMILES string of the molecule is CC1=C(C)C(=O)OC(C(C)C2C=CC3C4CC5OC56C(O)C=CC(=O)C6(C)C4CCC23C)C1. The van der Waals surface area contributed by atoms with Crippen molar-refractivity contribution in [1.82, 2.24) is 0 Å². The van der Waals surface area contributed by atoms with E-state index < -0.39 is 17.1 Å². The Morgan fingerprint density at radius 1 is 1.15 bits per heavy atom. The van der Waals surface area contributed by atoms with Crippen LogP contribution in [0.5, 0.6) is 0 Å². The number of ketones is 1. The lowest BCUT2D eigenvalue weighted by molar-refractivity contribution is -0.154. The van der Waals surface area contributed by atoms with Gasteiger partial charge in [0.2, 0.25) is 0 Å². The van der Waals surface area contributed by atoms with Gasteiger partial charge in [-0.3, -0.25) is 4.79 Å². The van der Waals surface area contributed by atoms with E-state index in [1.54, 1.807) is 12.2 Å². The number of hydrogen-bond donors (Lipinski definition) is 1. The molecule has 0 aromatic heterocycles. The van der Waals surface area contributed by atoms with Gasteiger partial charge in [-0.15, -0.1) is 0 Å². The second kappa shape index (κ2) is 6.69. The van der Waals surface area contributed by atoms with Crippen LogP contribution < -0.4 is 0 Å². The van der Waals surface area contributed by atoms with E-state index in [0.717, 1.165) is 36.8 Å². The zero-order chi connectivity index (χ0) is 23.5. The van der Waals surface area contributed by atoms with Crippen LogP contribution in [0.2, 0.25) is 0 Å². The van der Waals surface area contributed by atoms with Crippen LogP contribution in [-0.4, -0.2) is 40.8 Å². The molecule has 1 N–H and O–H groups in total. The van der Waals surface area contributed by atoms with Crippen molar-refractivity contribution in [2.45, 2.75) is 84.2 Å². The van der Waals surface area contributed by atoms with Crippen molar-refractivity contribution in [1.29, 1.82) is 0 Å². The van der Waals surface area contributed by atoms with Crippen molar-refractivity contribution >= 4 is 11.8 Å². The first-order chi connectivity index (χ1) is 15.6. The van der Waals surface area contributed by atoms with Crippen molar-refractivity contribution in [2.24, 2.45) is 40.4 Å². The molecular weight excluding hydrogens is 416 g/mol. The van der Waals surface area contributed by atoms with Gasteiger partial charge in [0.1, 0.15) is 17.8 Å². The fourth-order valence-corrected chi connectivity index (χ4v) is 8.88. The molecule has 1 spiro atoms. The Balaban J connectivity index is 1.29. The van der Waals surface area contributed by atoms with Crippen LogP contribution in [0, 0.1) is 40.4 Å². The summed E-state index contributed by atoms with van der Waals surface area (Å²) in [7, 11) is 0. The highest BCUT2D eigenvalue weighted by Gasteiger charge is 2.80. The van der Waals surface area contributed by atoms with Crippen molar-refractivity contribution in [3.05, 3.63) is 35.5 Å². The number of fused-ring (bicyclic) bond motifs is 4. The smallest absolute Gasteiger partial charge is 0.333 e. The Bertz CT molecular complexity index is 1020. The number of aliphatic hydroxyl groups is 1. The third kappa shape index (κ3) is 2.51. The maximum absolute atomic E-state index is 13.3. The van der Waals surface area contributed by atoms with Gasteiger partial charge in [0, 0.05) is 17.9 Å². The van der Waals surface area contributed by atoms with E-state index in [0.29, 0.717) is 17.8 Å². The fraction of sp³-hybridized carbons (Fsp3) is 0.714. The molecule has 6 rings (SSSR count). The number of esters is 1. The van der Waals surface area contributed by atoms with E-state index in [-0.39, 0.29) is 41.2 Å². The highest BCUT2D eigenvalue weighted by Crippen LogP contribution is 2.72. The summed E-state index contributed by atoms with van der Waals surface area (Å²) in [4.78, 5) is 25.7. The van der Waals surface area contributed by atoms with Crippen LogP contribution in [0.3, 0.4) is 0 Å². The molecule has 4 aliphatic carbocycles. The van der Waals surface area contributed by atoms with Gasteiger partial charge >= 0.3 is 5.97 Å². The normalized spacial score (nSPS) is 53.1. The van der Waals surface area contributed by atoms with Crippen LogP contribution >= 0.6 is 0 Å². The summed E-state index contributed by atoms with van der Waals surface area (Å²) in [6.45, 7) is 10.6. The Hall–Kier alpha value is -1.72. The number of cyclic esters (lactones) is 1. The number of ether oxygens (including phenoxy) is 2. The second-order valence-corrected chi connectivity index (χ2v) is 12.2. The van der Waals surface area contributed by atoms with E-state index in [2.05, 4.69) is 32.9 Å². The predicted molar refractivity (Wildman–Crippen MR) is 123 cm³/mol. The van der Waals surface area contributed by atoms with E-state index in [1.165, 1.54) is 0 Å². The van der Waals surface area contributed by atoms with Crippen molar-refractivity contribution < 1.29 is 24.2 Å². The molecule has 5 heteroatoms. The molecule has 1 saturated heterocycles. The van der Waals surface area contributed by atoms with Crippen LogP contribution in [0.1, 0.15) is 60.3 Å². The third-order valence-electron chi connectivity index (χ3n) is 11.1. The van der Waals surface area contributed by atoms with E-state index in [4.69, 9.17) is 9.47 Å². The summed E-state index contributed by atoms with van der Waals surface area (Å²) in [5, 5.41) is 10.8. The standard InChI is InChI=1S/C28H36O5/c1-14-12-21(32-25(31)15(14)2)16(3)18-6-7-19-17-13-24-28(33-24)23(30)9-8-22(29)27(28,5)20(17)10-11-26(18,19)4/h6-9,16-21,23-24,30H,10-13H2,1-5H3. The van der Waals surface area contributed by atoms with Gasteiger partial charge in [0.25, 0.3) is 0 Å². The number of carbonyl (C=O) groups excluding carboxylic acids is 2. The maximum Gasteiger partial charge on any atom is 0.333 e. The van der Waals surface area contributed by atoms with Crippen molar-refractivity contribution in [2.75, 3.05) is 0 Å². The minimum Gasteiger partial charge on any atom is -0.458 e. The molecule has 0 aromatic carbocycles. The first kappa shape index (κ1) is 21.8. The molecule has 33 heavy (non-hydrogen) atoms. The topological polar surface area (TPSA) is 76.1 Å². The van der Waals surface area contributed by atoms with Crippen molar-refractivity contribution in [3.8, 4) is 0 Å². The Morgan fingerprint density at radius 2 is 1.91 bits per heavy atom. The Labute approximate surface area is 196 Å². The van der Waals surface area contributed by atoms with Gasteiger partial charge in [-0.1, -0.05) is 31.6 Å². The number of rotatable bonds is 2. The Kier molecular flexibility index (Phi) is 4.42. The average molecular weight is 453 g/mol. The van der Waals surface area contributed by atoms with E-state index in [1.807, 2.05) is 13.8 Å². The average Bonchev–Trinajstić information content (AvgIpc) is 3.41. The summed E-state index contributed by atoms with van der Waals surface area (Å²) in [5.74, 6) is 1.45. The molecule has 2 heterocycles. The minimum atomic E-state index is -0.721. The van der Waals surface area contributed by atoms with Crippen LogP contribution in [0.4, 0.5) is 0 Å². The lowest BCUT2D eigenvalue weighted by atomic mass is 9.44. The van der Waals surface area contributed by atoms with E-state index >= 15 is 0 Å². The number of epoxide rings is 1. The van der Waals surface area contributed by atoms with Gasteiger partial charge in [-0.2, -0.15) is 0 Å². The molecular formula is C28H36O5. The monoisotopic (exact) mass is 452 g/mol. The van der Waals surface area contributed by atoms with Crippen molar-refractivity contribution in [3.63, 3.8) is 0 Å². The van der Waals surface area contributed by atoms with Gasteiger partial charge < -0.3 is 14.6 Å². The predicted octanol–water partition coefficient (Wildman–Crippen LogP) is 4.16. The summed E-state index contributed by atoms with van der Waals surface area (Å²) in [5.41, 5.74) is 0.587. The van der Waals surface area contributed by atoms with Gasteiger partial charge in [-0.25, -0.2) is 4.79 Å². The summed E-state index contributed by atoms with van der Waals surface area (Å²) in [6, 6.07) is 0. The molecule has 0 bridgehead atoms. The molecule has 0 radical (unpaired) electrons. The molecule has 3 fully saturated rings. The summed E-state index contributed by atoms with van der Waals surface area (Å²) >= 11 is 0. The molecule has 5 nitrogen and oxygen atoms in total. The molecule has 0 aromatic rings. The minimum absolute atomic E-state index is 0.0464. The number of allylic oxidation sites excluding steroid dienone is 3. The molecule has 2 saturated carbocycles. The number of aliphatic hydroxyl groups excluding tert-OH is 1. The van der Waals surface area contributed by atoms with Gasteiger partial charge in [-0.05, 0) is 81.3 Å². The summed E-state index contributed by atoms with van der Waals surface area (Å²) in [6.07, 6.45) is 10.9. The third-order valence-corrected chi connectivity index (χ3v) is 11.1. The molecule has 6 aliphatic rings. The first-order valence-electron chi connectivity index (χ1n) is 12.7. The van der Waals surface area contributed by atoms with Crippen LogP contribution in [-0.2, 0) is 19.1 Å². The highest BCUT2D eigenvalue weighted by atomic mass is 16.6. The Morgan fingerprint density at radius 3 is 2.64 bits per heavy atom. The van der Waals surface area contributed by atoms with E-state index in [9.17, 15) is 14.7 Å². The number of hydrogen-bond acceptors (Lipinski definition) is 5. The van der Waals surface area contributed by atoms with Crippen LogP contribution in [0.15, 0.2) is 35.5 Å². The number of carbonyl (C=O) groups is 2. The molecule has 11 atom stereocenters. The first-order valence-corrected chi connectivity index (χ1v) is 12.7. The summed E-state index contributed by atoms with van der Waals surface area (Å²) < 4.78 is 12.1. The zero-order valence-electron chi connectivity index (χ0n) is 20.3. The molecule has 0 amide bonds. The maximum atomic E-state index is 13.3. The fourth-order valence-electron chi connectivity index (χ4n) is 8.88. The second-order valence-electron chi connectivity index (χ2n) is 12.2. The molecule has 11 unspecified atom stereocenters. The highest BCUT2D eigenvalue weighted by molar-refractivity contribution is 5.98. The molecule has 178 valence electrons. The lowest BCUT2D eigenvalue weighted by Gasteiger charge is -2.58. The van der Waals surface area contributed by atoms with Gasteiger partial charge in [0.05, 0.1) is 11.5 Å². The van der Waals surface area contributed by atoms with Crippen LogP contribution in [0.25, 0.3) is 0 Å². The molecule has 2 aliphatic heterocycles. The quantitative estimate of drug-likeness (QED) is 0.387. The van der Waals surface area contributed by atoms with Gasteiger partial charge in [0.15, 0.2) is 5.78 Å².